The third-order valence-corrected chi connectivity index (χ3v) is 17.9. The number of hydrogen-bond acceptors (Lipinski definition) is 33. The van der Waals surface area contributed by atoms with Crippen LogP contribution in [0.15, 0.2) is 133 Å². The van der Waals surface area contributed by atoms with E-state index in [1.807, 2.05) is 111 Å². The normalized spacial score (nSPS) is 12.0. The summed E-state index contributed by atoms with van der Waals surface area (Å²) < 4.78 is 0. The number of amides is 1. The predicted octanol–water partition coefficient (Wildman–Crippen LogP) is 0.787. The molecule has 139 heavy (non-hydrogen) atoms. The first-order valence-electron chi connectivity index (χ1n) is 43.9. The number of ketones is 1. The summed E-state index contributed by atoms with van der Waals surface area (Å²) in [7, 11) is 3.99. The van der Waals surface area contributed by atoms with Gasteiger partial charge in [-0.05, 0) is 172 Å². The van der Waals surface area contributed by atoms with Crippen LogP contribution >= 0.6 is 0 Å². The summed E-state index contributed by atoms with van der Waals surface area (Å²) in [5.74, 6) is -11.9. The smallest absolute Gasteiger partial charge is 0.335 e. The van der Waals surface area contributed by atoms with Gasteiger partial charge in [0, 0.05) is 46.1 Å². The number of rotatable bonds is 46. The first-order valence-corrected chi connectivity index (χ1v) is 43.9. The van der Waals surface area contributed by atoms with E-state index < -0.39 is 138 Å². The zero-order chi connectivity index (χ0) is 108. The summed E-state index contributed by atoms with van der Waals surface area (Å²) in [4.78, 5) is 154. The third kappa shape index (κ3) is 86.7. The van der Waals surface area contributed by atoms with Crippen molar-refractivity contribution in [2.24, 2.45) is 103 Å². The molecule has 786 valence electrons. The number of hydrogen-bond donors (Lipinski definition) is 31. The lowest BCUT2D eigenvalue weighted by atomic mass is 9.99. The van der Waals surface area contributed by atoms with Gasteiger partial charge in [0.1, 0.15) is 60.2 Å². The van der Waals surface area contributed by atoms with Crippen LogP contribution in [0.1, 0.15) is 175 Å². The summed E-state index contributed by atoms with van der Waals surface area (Å²) >= 11 is 0. The maximum absolute atomic E-state index is 10.7. The zero-order valence-corrected chi connectivity index (χ0v) is 80.1. The van der Waals surface area contributed by atoms with Gasteiger partial charge >= 0.3 is 77.6 Å². The number of carbonyl (C=O) groups is 15. The van der Waals surface area contributed by atoms with Gasteiger partial charge in [0.25, 0.3) is 0 Å². The lowest BCUT2D eigenvalue weighted by Gasteiger charge is -2.09. The molecule has 6 aromatic carbocycles. The number of carboxylic acids is 13. The van der Waals surface area contributed by atoms with Gasteiger partial charge in [-0.1, -0.05) is 180 Å². The minimum absolute atomic E-state index is 0.00463. The van der Waals surface area contributed by atoms with E-state index in [2.05, 4.69) is 35.5 Å². The molecule has 0 radical (unpaired) electrons. The van der Waals surface area contributed by atoms with Crippen LogP contribution in [0.5, 0.6) is 0 Å². The fourth-order valence-electron chi connectivity index (χ4n) is 9.75. The van der Waals surface area contributed by atoms with Gasteiger partial charge in [-0.25, -0.2) is 9.59 Å². The fourth-order valence-corrected chi connectivity index (χ4v) is 9.75. The number of nitrogens with two attached hydrogens (primary N) is 17. The van der Waals surface area contributed by atoms with Gasteiger partial charge in [-0.2, -0.15) is 0 Å². The van der Waals surface area contributed by atoms with Gasteiger partial charge in [-0.3, -0.25) is 57.5 Å². The van der Waals surface area contributed by atoms with Crippen LogP contribution < -0.4 is 103 Å². The Balaban J connectivity index is -0.000000274. The van der Waals surface area contributed by atoms with Crippen LogP contribution in [0, 0.1) is 5.92 Å². The van der Waals surface area contributed by atoms with Crippen LogP contribution in [0.4, 0.5) is 0 Å². The maximum atomic E-state index is 10.7. The lowest BCUT2D eigenvalue weighted by molar-refractivity contribution is -0.139. The van der Waals surface area contributed by atoms with Crippen molar-refractivity contribution in [2.45, 2.75) is 230 Å². The molecular weight excluding hydrogens is 1820 g/mol. The summed E-state index contributed by atoms with van der Waals surface area (Å²) in [5, 5.41) is 115. The molecular formula is C92H155N19O28. The van der Waals surface area contributed by atoms with Crippen LogP contribution in [0.3, 0.4) is 0 Å². The predicted molar refractivity (Wildman–Crippen MR) is 528 cm³/mol. The molecule has 0 aliphatic heterocycles. The molecule has 0 aliphatic carbocycles. The number of carbonyl (C=O) groups excluding carboxylic acids is 2. The average molecular weight is 1980 g/mol. The van der Waals surface area contributed by atoms with Gasteiger partial charge in [0.15, 0.2) is 6.17 Å². The molecule has 0 aromatic heterocycles. The minimum atomic E-state index is -1.23. The number of fused-ring (bicyclic) bond motifs is 2. The summed E-state index contributed by atoms with van der Waals surface area (Å²) in [6.45, 7) is 10.2. The zero-order valence-electron chi connectivity index (χ0n) is 80.1. The Kier molecular flexibility index (Phi) is 87.2. The first-order chi connectivity index (χ1) is 64.9. The van der Waals surface area contributed by atoms with Crippen LogP contribution in [0.2, 0.25) is 0 Å². The Morgan fingerprint density at radius 1 is 0.331 bits per heavy atom. The number of aromatic carboxylic acids is 1. The van der Waals surface area contributed by atoms with E-state index in [1.54, 1.807) is 43.3 Å². The second-order valence-corrected chi connectivity index (χ2v) is 31.1. The highest BCUT2D eigenvalue weighted by molar-refractivity contribution is 5.88. The Hall–Kier alpha value is -12.6. The summed E-state index contributed by atoms with van der Waals surface area (Å²) in [5.41, 5.74) is 91.9. The Morgan fingerprint density at radius 3 is 1.05 bits per heavy atom. The molecule has 0 fully saturated rings. The Labute approximate surface area is 809 Å². The number of nitrogens with one attached hydrogen (secondary N) is 1. The minimum Gasteiger partial charge on any atom is -0.481 e. The molecule has 0 saturated carbocycles. The number of benzene rings is 6. The number of carboxylic acid groups (broad SMARTS) is 13. The molecule has 9 atom stereocenters. The second-order valence-electron chi connectivity index (χ2n) is 31.1. The van der Waals surface area contributed by atoms with E-state index in [1.165, 1.54) is 19.8 Å². The summed E-state index contributed by atoms with van der Waals surface area (Å²) in [6, 6.07) is 34.2. The monoisotopic (exact) mass is 1970 g/mol. The maximum Gasteiger partial charge on any atom is 0.335 e. The van der Waals surface area contributed by atoms with Gasteiger partial charge < -0.3 is 179 Å². The van der Waals surface area contributed by atoms with E-state index in [0.29, 0.717) is 89.5 Å². The molecule has 0 heterocycles. The number of unbranched alkanes of at least 4 members (excludes halogenated alkanes) is 5. The molecule has 6 rings (SSSR count). The van der Waals surface area contributed by atoms with E-state index in [-0.39, 0.29) is 44.2 Å². The van der Waals surface area contributed by atoms with Crippen molar-refractivity contribution < 1.29 is 138 Å². The number of nitrogens with zero attached hydrogens (tertiary/aromatic N) is 1. The van der Waals surface area contributed by atoms with Gasteiger partial charge in [0.2, 0.25) is 5.91 Å². The molecule has 0 unspecified atom stereocenters. The van der Waals surface area contributed by atoms with Crippen molar-refractivity contribution in [1.82, 2.24) is 10.2 Å². The molecule has 48 N–H and O–H groups in total. The van der Waals surface area contributed by atoms with Crippen molar-refractivity contribution in [3.63, 3.8) is 0 Å². The first kappa shape index (κ1) is 139. The van der Waals surface area contributed by atoms with Crippen molar-refractivity contribution in [3.05, 3.63) is 167 Å². The quantitative estimate of drug-likeness (QED) is 0.0185. The van der Waals surface area contributed by atoms with Crippen LogP contribution in [-0.4, -0.2) is 274 Å². The van der Waals surface area contributed by atoms with Crippen molar-refractivity contribution in [1.29, 1.82) is 0 Å². The topological polar surface area (TPSA) is 977 Å². The summed E-state index contributed by atoms with van der Waals surface area (Å²) in [6.07, 6.45) is 12.2. The second kappa shape index (κ2) is 86.9. The SMILES string of the molecule is CC(=O)CCCCC[C@H](N)C(=O)O.CC(=O)NC[C@H](N)C(=O)O.CC(C)CCCCC[C@H](N)C(=O)O.CN(C)CCCC[C@H](N)C(=O)O.NC(N)C(=O)O.NCCC(=O)O.NCCC[C@H](N)C(=O)O.NCC[C@H](N)C(=O)O.NC[C@H](N)C(=O)O.NCc1ccc(C(=O)O)cc1.NCc1ccc(CC(=O)O)cc1.N[C@@H](Cc1ccc2ccccc2c1)C(=O)O.N[C@@H](Cc1cccc2ccccc12)C(=O)O. The van der Waals surface area contributed by atoms with E-state index in [9.17, 15) is 71.9 Å². The highest BCUT2D eigenvalue weighted by Crippen LogP contribution is 2.21. The molecule has 0 aliphatic rings. The van der Waals surface area contributed by atoms with Crippen LogP contribution in [0.25, 0.3) is 21.5 Å². The van der Waals surface area contributed by atoms with Crippen molar-refractivity contribution in [2.75, 3.05) is 53.4 Å². The standard InChI is InChI=1S/2C13H13NO2.C10H21NO2.C9H17NO3.C9H11NO2.C8H18N2O2.C8H9NO2.C5H10N2O3.C5H12N2O2.C4H10N2O2.C3H8N2O2.C3H7NO2.C2H6N2O2/c14-12(13(15)16)8-10-6-3-5-9-4-1-2-7-11(9)10;14-12(13(15)16)8-9-5-6-10-3-1-2-4-11(10)7-9;1-8(2)6-4-3-5-7-9(11)10(12)13;1-7(11)5-3-2-4-6-8(10)9(12)13;10-6-8-3-1-7(2-4-8)5-9(11)12;1-10(2)6-4-3-5-7(9)8(11)12;9-5-6-1-3-7(4-2-6)8(10)11;1-3(8)7-2-4(6)5(9)10;6-3-1-2-4(7)5(8)9;5-2-1-3(6)4(7)8;4-1-2(5)3(6)7;4-2-1-3(5)6;3-1(4)2(5)6/h2*1-7,12H,8,14H2,(H,15,16);8-9H,3-7,11H2,1-2H3,(H,12,13);8H,2-6,10H2,1H3,(H,12,13);1-4H,5-6,10H2,(H,11,12);7H,3-6,9H2,1-2H3,(H,11,12);1-4H,5,9H2,(H,10,11);4H,2,6H2,1H3,(H,7,8)(H,9,10);4H,1-3,6-7H2,(H,8,9);3H,1-2,5-6H2,(H,7,8);2H,1,4-5H2,(H,6,7);1-2,4H2,(H,5,6);1H,3-4H2,(H,5,6)/t2*12-;9-;8-;;7-;;2*4-;3-;2-;;/m0000.0.0000../s1. The van der Waals surface area contributed by atoms with Crippen LogP contribution in [-0.2, 0) is 99.5 Å². The lowest BCUT2D eigenvalue weighted by Crippen LogP contribution is -2.41. The van der Waals surface area contributed by atoms with E-state index in [4.69, 9.17) is 152 Å². The third-order valence-electron chi connectivity index (χ3n) is 17.9. The Morgan fingerprint density at radius 2 is 0.705 bits per heavy atom. The van der Waals surface area contributed by atoms with E-state index in [0.717, 1.165) is 107 Å². The number of Topliss-reactive ketones (excluding diaryl/α,β-unsaturated/α-hetero) is 1. The molecule has 0 spiro atoms. The molecule has 0 bridgehead atoms. The van der Waals surface area contributed by atoms with Gasteiger partial charge in [0.05, 0.1) is 18.4 Å². The highest BCUT2D eigenvalue weighted by Gasteiger charge is 2.18. The molecule has 47 nitrogen and oxygen atoms in total. The Bertz CT molecular complexity index is 4440. The molecule has 6 aromatic rings. The largest absolute Gasteiger partial charge is 0.481 e. The van der Waals surface area contributed by atoms with Gasteiger partial charge in [-0.15, -0.1) is 0 Å². The van der Waals surface area contributed by atoms with Crippen molar-refractivity contribution >= 4 is 111 Å². The molecule has 0 saturated heterocycles. The van der Waals surface area contributed by atoms with E-state index >= 15 is 0 Å². The average Bonchev–Trinajstić information content (AvgIpc) is 0.830. The molecule has 1 amide bonds. The molecule has 47 heteroatoms. The number of aliphatic carboxylic acids is 12. The highest BCUT2D eigenvalue weighted by atomic mass is 16.4. The fraction of sp³-hybridized carbons (Fsp3) is 0.489. The van der Waals surface area contributed by atoms with Crippen molar-refractivity contribution in [3.8, 4) is 0 Å².